The van der Waals surface area contributed by atoms with Crippen LogP contribution < -0.4 is 10.6 Å². The second-order valence-electron chi connectivity index (χ2n) is 7.28. The second-order valence-corrected chi connectivity index (χ2v) is 7.28. The third-order valence-corrected chi connectivity index (χ3v) is 3.99. The number of carbonyl (C=O) groups excluding carboxylic acids is 2. The summed E-state index contributed by atoms with van der Waals surface area (Å²) in [4.78, 5) is 24.0. The maximum absolute atomic E-state index is 12.0. The number of likely N-dealkylation sites (N-methyl/N-ethyl adjacent to an activating group) is 1. The number of hydrogen-bond donors (Lipinski definition) is 2. The molecule has 2 amide bonds. The summed E-state index contributed by atoms with van der Waals surface area (Å²) in [6, 6.07) is -0.765. The largest absolute Gasteiger partial charge is 0.444 e. The van der Waals surface area contributed by atoms with Crippen LogP contribution in [0.15, 0.2) is 0 Å². The molecular formula is C17H32N2O4. The first kappa shape index (κ1) is 19.7. The van der Waals surface area contributed by atoms with Crippen LogP contribution in [0.25, 0.3) is 0 Å². The molecule has 1 aliphatic carbocycles. The lowest BCUT2D eigenvalue weighted by atomic mass is 9.90. The maximum atomic E-state index is 12.0. The van der Waals surface area contributed by atoms with Gasteiger partial charge in [-0.05, 0) is 46.5 Å². The number of carbonyl (C=O) groups is 2. The summed E-state index contributed by atoms with van der Waals surface area (Å²) in [7, 11) is 1.54. The van der Waals surface area contributed by atoms with Gasteiger partial charge in [-0.15, -0.1) is 0 Å². The van der Waals surface area contributed by atoms with Gasteiger partial charge in [0.1, 0.15) is 11.6 Å². The van der Waals surface area contributed by atoms with E-state index in [0.29, 0.717) is 12.5 Å². The zero-order chi connectivity index (χ0) is 17.5. The molecule has 1 fully saturated rings. The average Bonchev–Trinajstić information content (AvgIpc) is 2.49. The van der Waals surface area contributed by atoms with Crippen LogP contribution in [0, 0.1) is 5.92 Å². The fourth-order valence-corrected chi connectivity index (χ4v) is 2.72. The van der Waals surface area contributed by atoms with Crippen molar-refractivity contribution in [3.05, 3.63) is 0 Å². The first-order valence-corrected chi connectivity index (χ1v) is 8.55. The predicted octanol–water partition coefficient (Wildman–Crippen LogP) is 2.61. The highest BCUT2D eigenvalue weighted by Gasteiger charge is 2.29. The molecule has 0 spiro atoms. The Balaban J connectivity index is 2.54. The molecule has 0 aromatic rings. The maximum Gasteiger partial charge on any atom is 0.408 e. The van der Waals surface area contributed by atoms with Gasteiger partial charge in [0.15, 0.2) is 0 Å². The summed E-state index contributed by atoms with van der Waals surface area (Å²) in [6.07, 6.45) is 5.12. The van der Waals surface area contributed by atoms with Crippen LogP contribution in [-0.4, -0.2) is 43.4 Å². The third kappa shape index (κ3) is 7.68. The molecule has 6 heteroatoms. The molecule has 0 radical (unpaired) electrons. The quantitative estimate of drug-likeness (QED) is 0.786. The van der Waals surface area contributed by atoms with Crippen molar-refractivity contribution in [1.82, 2.24) is 10.6 Å². The number of amides is 2. The SMILES string of the molecule is CNC(=O)[C@@H](NC(=O)OC(C)(C)C)[C@H](C)OCC1CCCCC1. The van der Waals surface area contributed by atoms with Gasteiger partial charge in [0, 0.05) is 13.7 Å². The van der Waals surface area contributed by atoms with Crippen molar-refractivity contribution in [2.45, 2.75) is 77.5 Å². The Morgan fingerprint density at radius 1 is 1.17 bits per heavy atom. The highest BCUT2D eigenvalue weighted by Crippen LogP contribution is 2.24. The molecule has 2 N–H and O–H groups in total. The molecule has 0 aromatic heterocycles. The normalized spacial score (nSPS) is 18.8. The van der Waals surface area contributed by atoms with Crippen molar-refractivity contribution in [3.63, 3.8) is 0 Å². The van der Waals surface area contributed by atoms with Gasteiger partial charge in [-0.1, -0.05) is 19.3 Å². The van der Waals surface area contributed by atoms with Gasteiger partial charge in [-0.3, -0.25) is 4.79 Å². The van der Waals surface area contributed by atoms with E-state index in [9.17, 15) is 9.59 Å². The van der Waals surface area contributed by atoms with Gasteiger partial charge in [0.2, 0.25) is 5.91 Å². The topological polar surface area (TPSA) is 76.7 Å². The van der Waals surface area contributed by atoms with E-state index in [1.54, 1.807) is 34.7 Å². The lowest BCUT2D eigenvalue weighted by Gasteiger charge is -2.28. The zero-order valence-corrected chi connectivity index (χ0v) is 15.1. The zero-order valence-electron chi connectivity index (χ0n) is 15.1. The van der Waals surface area contributed by atoms with Crippen LogP contribution in [0.2, 0.25) is 0 Å². The number of alkyl carbamates (subject to hydrolysis) is 1. The third-order valence-electron chi connectivity index (χ3n) is 3.99. The van der Waals surface area contributed by atoms with Gasteiger partial charge >= 0.3 is 6.09 Å². The summed E-state index contributed by atoms with van der Waals surface area (Å²) in [5, 5.41) is 5.18. The highest BCUT2D eigenvalue weighted by atomic mass is 16.6. The van der Waals surface area contributed by atoms with Crippen LogP contribution >= 0.6 is 0 Å². The van der Waals surface area contributed by atoms with E-state index < -0.39 is 23.8 Å². The molecule has 0 aliphatic heterocycles. The molecule has 0 unspecified atom stereocenters. The Hall–Kier alpha value is -1.30. The van der Waals surface area contributed by atoms with E-state index in [0.717, 1.165) is 0 Å². The molecular weight excluding hydrogens is 296 g/mol. The molecule has 134 valence electrons. The molecule has 0 aromatic carbocycles. The van der Waals surface area contributed by atoms with Crippen molar-refractivity contribution in [2.24, 2.45) is 5.92 Å². The fraction of sp³-hybridized carbons (Fsp3) is 0.882. The fourth-order valence-electron chi connectivity index (χ4n) is 2.72. The first-order valence-electron chi connectivity index (χ1n) is 8.55. The lowest BCUT2D eigenvalue weighted by Crippen LogP contribution is -2.53. The summed E-state index contributed by atoms with van der Waals surface area (Å²) < 4.78 is 11.1. The second kappa shape index (κ2) is 9.11. The molecule has 0 bridgehead atoms. The van der Waals surface area contributed by atoms with E-state index in [2.05, 4.69) is 10.6 Å². The van der Waals surface area contributed by atoms with Crippen molar-refractivity contribution in [1.29, 1.82) is 0 Å². The molecule has 0 heterocycles. The molecule has 0 saturated heterocycles. The van der Waals surface area contributed by atoms with Crippen LogP contribution in [-0.2, 0) is 14.3 Å². The van der Waals surface area contributed by atoms with Crippen LogP contribution in [0.4, 0.5) is 4.79 Å². The van der Waals surface area contributed by atoms with Crippen molar-refractivity contribution >= 4 is 12.0 Å². The van der Waals surface area contributed by atoms with Crippen LogP contribution in [0.3, 0.4) is 0 Å². The van der Waals surface area contributed by atoms with Gasteiger partial charge in [-0.2, -0.15) is 0 Å². The molecule has 1 saturated carbocycles. The average molecular weight is 328 g/mol. The van der Waals surface area contributed by atoms with Crippen LogP contribution in [0.5, 0.6) is 0 Å². The van der Waals surface area contributed by atoms with Gasteiger partial charge in [-0.25, -0.2) is 4.79 Å². The number of rotatable bonds is 6. The Morgan fingerprint density at radius 2 is 1.78 bits per heavy atom. The van der Waals surface area contributed by atoms with E-state index in [4.69, 9.17) is 9.47 Å². The van der Waals surface area contributed by atoms with Crippen molar-refractivity contribution in [3.8, 4) is 0 Å². The Kier molecular flexibility index (Phi) is 7.82. The smallest absolute Gasteiger partial charge is 0.408 e. The van der Waals surface area contributed by atoms with Gasteiger partial charge < -0.3 is 20.1 Å². The van der Waals surface area contributed by atoms with Gasteiger partial charge in [0.25, 0.3) is 0 Å². The summed E-state index contributed by atoms with van der Waals surface area (Å²) >= 11 is 0. The molecule has 6 nitrogen and oxygen atoms in total. The Labute approximate surface area is 139 Å². The highest BCUT2D eigenvalue weighted by molar-refractivity contribution is 5.86. The van der Waals surface area contributed by atoms with E-state index in [-0.39, 0.29) is 5.91 Å². The molecule has 23 heavy (non-hydrogen) atoms. The minimum Gasteiger partial charge on any atom is -0.444 e. The standard InChI is InChI=1S/C17H32N2O4/c1-12(22-11-13-9-7-6-8-10-13)14(15(20)18-5)19-16(21)23-17(2,3)4/h12-14H,6-11H2,1-5H3,(H,18,20)(H,19,21)/t12-,14-/m0/s1. The predicted molar refractivity (Wildman–Crippen MR) is 89.2 cm³/mol. The molecule has 1 aliphatic rings. The molecule has 2 atom stereocenters. The summed E-state index contributed by atoms with van der Waals surface area (Å²) in [5.41, 5.74) is -0.608. The Bertz CT molecular complexity index is 387. The first-order chi connectivity index (χ1) is 10.7. The van der Waals surface area contributed by atoms with Crippen LogP contribution in [0.1, 0.15) is 59.8 Å². The minimum absolute atomic E-state index is 0.285. The lowest BCUT2D eigenvalue weighted by molar-refractivity contribution is -0.126. The minimum atomic E-state index is -0.765. The van der Waals surface area contributed by atoms with Crippen molar-refractivity contribution in [2.75, 3.05) is 13.7 Å². The van der Waals surface area contributed by atoms with E-state index >= 15 is 0 Å². The van der Waals surface area contributed by atoms with Crippen molar-refractivity contribution < 1.29 is 19.1 Å². The number of hydrogen-bond acceptors (Lipinski definition) is 4. The number of ether oxygens (including phenoxy) is 2. The molecule has 1 rings (SSSR count). The monoisotopic (exact) mass is 328 g/mol. The van der Waals surface area contributed by atoms with E-state index in [1.165, 1.54) is 32.1 Å². The van der Waals surface area contributed by atoms with Gasteiger partial charge in [0.05, 0.1) is 6.10 Å². The number of nitrogens with one attached hydrogen (secondary N) is 2. The Morgan fingerprint density at radius 3 is 2.30 bits per heavy atom. The van der Waals surface area contributed by atoms with E-state index in [1.807, 2.05) is 0 Å². The summed E-state index contributed by atoms with van der Waals surface area (Å²) in [6.45, 7) is 7.78. The summed E-state index contributed by atoms with van der Waals surface area (Å²) in [5.74, 6) is 0.269.